The largest absolute Gasteiger partial charge is 0.308 e. The summed E-state index contributed by atoms with van der Waals surface area (Å²) in [5, 5.41) is 16.0. The second-order valence-corrected chi connectivity index (χ2v) is 16.7. The second kappa shape index (κ2) is 11.5. The molecule has 0 N–H and O–H groups in total. The molecule has 10 aromatic carbocycles. The highest BCUT2D eigenvalue weighted by Gasteiger charge is 2.25. The van der Waals surface area contributed by atoms with Gasteiger partial charge in [0.2, 0.25) is 5.95 Å². The maximum atomic E-state index is 5.61. The lowest BCUT2D eigenvalue weighted by atomic mass is 9.93. The quantitative estimate of drug-likeness (QED) is 0.168. The molecule has 0 fully saturated rings. The van der Waals surface area contributed by atoms with Crippen LogP contribution < -0.4 is 0 Å². The predicted octanol–water partition coefficient (Wildman–Crippen LogP) is 14.8. The van der Waals surface area contributed by atoms with Crippen LogP contribution in [0.25, 0.3) is 130 Å². The van der Waals surface area contributed by atoms with Crippen LogP contribution in [0.4, 0.5) is 0 Å². The Labute approximate surface area is 340 Å². The summed E-state index contributed by atoms with van der Waals surface area (Å²) in [6, 6.07) is 66.4. The van der Waals surface area contributed by atoms with Crippen molar-refractivity contribution in [1.29, 1.82) is 0 Å². The van der Waals surface area contributed by atoms with E-state index in [1.807, 2.05) is 0 Å². The Kier molecular flexibility index (Phi) is 6.14. The van der Waals surface area contributed by atoms with Crippen molar-refractivity contribution in [1.82, 2.24) is 19.1 Å². The fraction of sp³-hybridized carbons (Fsp3) is 0. The SMILES string of the molecule is c1ccc2c(-c3nc(-n4c5ccccc5c5c4ccc4c6ccccc6n(-c6ccc7ccc8cccc9ccc6c7c89)c45)nc4c3sc3ccccc34)cccc2c1. The molecule has 4 aromatic heterocycles. The van der Waals surface area contributed by atoms with Crippen LogP contribution in [0.2, 0.25) is 0 Å². The molecule has 0 aliphatic rings. The summed E-state index contributed by atoms with van der Waals surface area (Å²) >= 11 is 1.77. The number of para-hydroxylation sites is 2. The first kappa shape index (κ1) is 31.5. The zero-order chi connectivity index (χ0) is 38.3. The molecular formula is C54H30N4S. The number of hydrogen-bond donors (Lipinski definition) is 0. The third kappa shape index (κ3) is 4.16. The third-order valence-corrected chi connectivity index (χ3v) is 13.8. The van der Waals surface area contributed by atoms with E-state index in [1.54, 1.807) is 11.3 Å². The molecule has 0 bridgehead atoms. The van der Waals surface area contributed by atoms with Crippen molar-refractivity contribution >= 4 is 118 Å². The second-order valence-electron chi connectivity index (χ2n) is 15.7. The van der Waals surface area contributed by atoms with E-state index in [9.17, 15) is 0 Å². The van der Waals surface area contributed by atoms with Gasteiger partial charge >= 0.3 is 0 Å². The average Bonchev–Trinajstić information content (AvgIpc) is 3.95. The molecule has 0 unspecified atom stereocenters. The van der Waals surface area contributed by atoms with Gasteiger partial charge in [-0.1, -0.05) is 152 Å². The lowest BCUT2D eigenvalue weighted by Gasteiger charge is -2.16. The Morgan fingerprint density at radius 3 is 1.86 bits per heavy atom. The summed E-state index contributed by atoms with van der Waals surface area (Å²) in [5.41, 5.74) is 8.74. The van der Waals surface area contributed by atoms with E-state index >= 15 is 0 Å². The van der Waals surface area contributed by atoms with Gasteiger partial charge in [0.25, 0.3) is 0 Å². The van der Waals surface area contributed by atoms with Crippen LogP contribution in [0.3, 0.4) is 0 Å². The van der Waals surface area contributed by atoms with E-state index in [0.29, 0.717) is 5.95 Å². The van der Waals surface area contributed by atoms with E-state index in [0.717, 1.165) is 37.9 Å². The van der Waals surface area contributed by atoms with Gasteiger partial charge in [0.1, 0.15) is 0 Å². The Balaban J connectivity index is 1.14. The zero-order valence-corrected chi connectivity index (χ0v) is 32.3. The van der Waals surface area contributed by atoms with Crippen molar-refractivity contribution in [2.45, 2.75) is 0 Å². The standard InChI is InChI=1S/C54H30N4S/c1-2-15-35-31(11-1)12-10-19-37(35)50-53-51(41-18-5-8-22-46(41)59-53)56-54(55-50)58-43-21-7-4-17-39(43)49-45(58)30-28-38-36-16-3-6-20-42(36)57(52(38)49)44-29-26-34-24-23-32-13-9-14-33-25-27-40(44)48(34)47(32)33/h1-30H. The van der Waals surface area contributed by atoms with Gasteiger partial charge in [0.15, 0.2) is 0 Å². The molecule has 14 rings (SSSR count). The van der Waals surface area contributed by atoms with Gasteiger partial charge in [-0.05, 0) is 68.0 Å². The minimum atomic E-state index is 0.667. The van der Waals surface area contributed by atoms with Crippen LogP contribution >= 0.6 is 11.3 Å². The van der Waals surface area contributed by atoms with Gasteiger partial charge in [-0.3, -0.25) is 4.57 Å². The highest BCUT2D eigenvalue weighted by molar-refractivity contribution is 7.26. The summed E-state index contributed by atoms with van der Waals surface area (Å²) in [5.74, 6) is 0.667. The molecule has 4 nitrogen and oxygen atoms in total. The first-order valence-electron chi connectivity index (χ1n) is 20.1. The van der Waals surface area contributed by atoms with Crippen molar-refractivity contribution < 1.29 is 0 Å². The molecule has 0 aliphatic carbocycles. The van der Waals surface area contributed by atoms with Gasteiger partial charge in [0.05, 0.1) is 43.7 Å². The van der Waals surface area contributed by atoms with Gasteiger partial charge in [-0.2, -0.15) is 0 Å². The number of thiophene rings is 1. The fourth-order valence-electron chi connectivity index (χ4n) is 10.2. The maximum Gasteiger partial charge on any atom is 0.235 e. The number of fused-ring (bicyclic) bond motifs is 11. The number of benzene rings is 10. The summed E-state index contributed by atoms with van der Waals surface area (Å²) in [4.78, 5) is 11.1. The molecular weight excluding hydrogens is 737 g/mol. The van der Waals surface area contributed by atoms with Crippen LogP contribution in [0.15, 0.2) is 182 Å². The molecule has 14 aromatic rings. The summed E-state index contributed by atoms with van der Waals surface area (Å²) in [7, 11) is 0. The van der Waals surface area contributed by atoms with Crippen LogP contribution in [-0.2, 0) is 0 Å². The fourth-order valence-corrected chi connectivity index (χ4v) is 11.3. The van der Waals surface area contributed by atoms with Crippen molar-refractivity contribution in [2.24, 2.45) is 0 Å². The first-order chi connectivity index (χ1) is 29.3. The van der Waals surface area contributed by atoms with Gasteiger partial charge in [-0.15, -0.1) is 11.3 Å². The summed E-state index contributed by atoms with van der Waals surface area (Å²) in [6.07, 6.45) is 0. The van der Waals surface area contributed by atoms with Gasteiger partial charge < -0.3 is 4.57 Å². The smallest absolute Gasteiger partial charge is 0.235 e. The molecule has 0 atom stereocenters. The normalized spacial score (nSPS) is 12.4. The van der Waals surface area contributed by atoms with Crippen molar-refractivity contribution in [3.8, 4) is 22.9 Å². The predicted molar refractivity (Wildman–Crippen MR) is 250 cm³/mol. The van der Waals surface area contributed by atoms with Crippen molar-refractivity contribution in [2.75, 3.05) is 0 Å². The number of aromatic nitrogens is 4. The monoisotopic (exact) mass is 766 g/mol. The van der Waals surface area contributed by atoms with Gasteiger partial charge in [-0.25, -0.2) is 9.97 Å². The zero-order valence-electron chi connectivity index (χ0n) is 31.5. The number of nitrogens with zero attached hydrogens (tertiary/aromatic N) is 4. The Hall–Kier alpha value is -7.60. The lowest BCUT2D eigenvalue weighted by Crippen LogP contribution is -2.03. The Morgan fingerprint density at radius 1 is 0.373 bits per heavy atom. The minimum Gasteiger partial charge on any atom is -0.308 e. The summed E-state index contributed by atoms with van der Waals surface area (Å²) < 4.78 is 7.13. The number of hydrogen-bond acceptors (Lipinski definition) is 3. The van der Waals surface area contributed by atoms with Crippen molar-refractivity contribution in [3.63, 3.8) is 0 Å². The molecule has 0 amide bonds. The number of rotatable bonds is 3. The third-order valence-electron chi connectivity index (χ3n) is 12.7. The van der Waals surface area contributed by atoms with E-state index < -0.39 is 0 Å². The van der Waals surface area contributed by atoms with E-state index in [2.05, 4.69) is 191 Å². The Bertz CT molecular complexity index is 4070. The van der Waals surface area contributed by atoms with Crippen molar-refractivity contribution in [3.05, 3.63) is 182 Å². The molecule has 272 valence electrons. The lowest BCUT2D eigenvalue weighted by molar-refractivity contribution is 1.02. The molecule has 0 saturated heterocycles. The van der Waals surface area contributed by atoms with Crippen LogP contribution in [0, 0.1) is 0 Å². The maximum absolute atomic E-state index is 5.61. The van der Waals surface area contributed by atoms with Crippen LogP contribution in [0.5, 0.6) is 0 Å². The molecule has 5 heteroatoms. The topological polar surface area (TPSA) is 35.6 Å². The summed E-state index contributed by atoms with van der Waals surface area (Å²) in [6.45, 7) is 0. The molecule has 0 saturated carbocycles. The van der Waals surface area contributed by atoms with Crippen LogP contribution in [-0.4, -0.2) is 19.1 Å². The molecule has 0 radical (unpaired) electrons. The molecule has 4 heterocycles. The highest BCUT2D eigenvalue weighted by atomic mass is 32.1. The van der Waals surface area contributed by atoms with E-state index in [4.69, 9.17) is 9.97 Å². The average molecular weight is 767 g/mol. The molecule has 0 spiro atoms. The first-order valence-corrected chi connectivity index (χ1v) is 20.9. The molecule has 59 heavy (non-hydrogen) atoms. The van der Waals surface area contributed by atoms with Crippen LogP contribution in [0.1, 0.15) is 0 Å². The Morgan fingerprint density at radius 2 is 1.00 bits per heavy atom. The molecule has 0 aliphatic heterocycles. The van der Waals surface area contributed by atoms with Gasteiger partial charge in [0, 0.05) is 42.6 Å². The van der Waals surface area contributed by atoms with E-state index in [-0.39, 0.29) is 0 Å². The highest BCUT2D eigenvalue weighted by Crippen LogP contribution is 2.46. The minimum absolute atomic E-state index is 0.667. The van der Waals surface area contributed by atoms with E-state index in [1.165, 1.54) is 86.1 Å².